The highest BCUT2D eigenvalue weighted by molar-refractivity contribution is 5.10. The molecule has 0 radical (unpaired) electrons. The Balaban J connectivity index is 0. The van der Waals surface area contributed by atoms with Gasteiger partial charge in [0.05, 0.1) is 0 Å². The molecule has 1 rings (SSSR count). The van der Waals surface area contributed by atoms with Crippen molar-refractivity contribution in [3.05, 3.63) is 29.6 Å². The molecule has 0 aromatic carbocycles. The Morgan fingerprint density at radius 2 is 2.00 bits per heavy atom. The predicted molar refractivity (Wildman–Crippen MR) is 39.0 cm³/mol. The molecule has 0 amide bonds. The summed E-state index contributed by atoms with van der Waals surface area (Å²) in [7, 11) is 0. The third kappa shape index (κ3) is 3.90. The van der Waals surface area contributed by atoms with Gasteiger partial charge in [-0.25, -0.2) is 4.98 Å². The first-order valence-corrected chi connectivity index (χ1v) is 3.51. The Hall–Kier alpha value is -0.310. The van der Waals surface area contributed by atoms with Gasteiger partial charge < -0.3 is 30.5 Å². The highest BCUT2D eigenvalue weighted by atomic mass is 35.5. The lowest BCUT2D eigenvalue weighted by molar-refractivity contribution is -0.480. The Labute approximate surface area is 85.4 Å². The fraction of sp³-hybridized carbons (Fsp3) is 0.375. The summed E-state index contributed by atoms with van der Waals surface area (Å²) in [6.45, 7) is 4.16. The van der Waals surface area contributed by atoms with Gasteiger partial charge >= 0.3 is 0 Å². The molecule has 0 saturated carbocycles. The van der Waals surface area contributed by atoms with E-state index in [-0.39, 0.29) is 24.8 Å². The van der Waals surface area contributed by atoms with E-state index in [1.807, 2.05) is 12.3 Å². The SMILES string of the molecule is Cc1cc[nH+]c(C(C)[NH3+])c1.[Cl-].[Cl-]. The standard InChI is InChI=1S/C8H12N2.2ClH/c1-6-3-4-10-8(5-6)7(2)9;;/h3-5,7H,9H2,1-2H3;2*1H. The van der Waals surface area contributed by atoms with Crippen molar-refractivity contribution in [2.24, 2.45) is 0 Å². The first kappa shape index (κ1) is 14.2. The average Bonchev–Trinajstić information content (AvgIpc) is 1.88. The van der Waals surface area contributed by atoms with E-state index in [4.69, 9.17) is 0 Å². The van der Waals surface area contributed by atoms with Gasteiger partial charge in [0.2, 0.25) is 5.69 Å². The van der Waals surface area contributed by atoms with Crippen molar-refractivity contribution >= 4 is 0 Å². The number of hydrogen-bond acceptors (Lipinski definition) is 0. The molecule has 2 nitrogen and oxygen atoms in total. The summed E-state index contributed by atoms with van der Waals surface area (Å²) in [5.41, 5.74) is 6.39. The molecule has 1 heterocycles. The Morgan fingerprint density at radius 3 is 2.33 bits per heavy atom. The van der Waals surface area contributed by atoms with E-state index in [0.29, 0.717) is 6.04 Å². The molecule has 0 aliphatic carbocycles. The van der Waals surface area contributed by atoms with Crippen molar-refractivity contribution in [1.82, 2.24) is 0 Å². The molecule has 0 fully saturated rings. The zero-order chi connectivity index (χ0) is 7.56. The Bertz CT molecular complexity index is 226. The molecule has 12 heavy (non-hydrogen) atoms. The molecule has 1 aromatic rings. The quantitative estimate of drug-likeness (QED) is 0.478. The molecule has 0 saturated heterocycles. The van der Waals surface area contributed by atoms with E-state index in [1.165, 1.54) is 11.3 Å². The number of aromatic amines is 1. The summed E-state index contributed by atoms with van der Waals surface area (Å²) >= 11 is 0. The van der Waals surface area contributed by atoms with Crippen LogP contribution in [0.2, 0.25) is 0 Å². The van der Waals surface area contributed by atoms with Gasteiger partial charge in [-0.05, 0) is 19.4 Å². The summed E-state index contributed by atoms with van der Waals surface area (Å²) in [4.78, 5) is 3.15. The van der Waals surface area contributed by atoms with Gasteiger partial charge in [-0.15, -0.1) is 0 Å². The van der Waals surface area contributed by atoms with Crippen molar-refractivity contribution in [2.75, 3.05) is 0 Å². The van der Waals surface area contributed by atoms with Crippen molar-refractivity contribution < 1.29 is 35.5 Å². The number of nitrogens with one attached hydrogen (secondary N) is 1. The van der Waals surface area contributed by atoms with Gasteiger partial charge in [-0.2, -0.15) is 0 Å². The molecule has 4 N–H and O–H groups in total. The topological polar surface area (TPSA) is 41.8 Å². The van der Waals surface area contributed by atoms with Crippen LogP contribution in [0.1, 0.15) is 24.2 Å². The van der Waals surface area contributed by atoms with Gasteiger partial charge in [0.1, 0.15) is 0 Å². The first-order chi connectivity index (χ1) is 4.70. The van der Waals surface area contributed by atoms with Crippen molar-refractivity contribution in [2.45, 2.75) is 19.9 Å². The number of quaternary nitrogens is 1. The van der Waals surface area contributed by atoms with Crippen LogP contribution in [0.5, 0.6) is 0 Å². The average molecular weight is 209 g/mol. The number of H-pyrrole nitrogens is 1. The van der Waals surface area contributed by atoms with Gasteiger partial charge in [-0.1, -0.05) is 0 Å². The predicted octanol–water partition coefficient (Wildman–Crippen LogP) is -5.88. The minimum atomic E-state index is 0. The summed E-state index contributed by atoms with van der Waals surface area (Å²) in [5.74, 6) is 0. The van der Waals surface area contributed by atoms with Gasteiger partial charge in [-0.3, -0.25) is 0 Å². The lowest BCUT2D eigenvalue weighted by Crippen LogP contribution is -3.00. The summed E-state index contributed by atoms with van der Waals surface area (Å²) in [5, 5.41) is 0. The summed E-state index contributed by atoms with van der Waals surface area (Å²) in [6.07, 6.45) is 1.95. The van der Waals surface area contributed by atoms with Crippen LogP contribution < -0.4 is 35.5 Å². The van der Waals surface area contributed by atoms with Crippen LogP contribution in [0.25, 0.3) is 0 Å². The molecule has 1 unspecified atom stereocenters. The van der Waals surface area contributed by atoms with Gasteiger partial charge in [0.25, 0.3) is 0 Å². The number of aromatic nitrogens is 1. The molecule has 1 atom stereocenters. The smallest absolute Gasteiger partial charge is 0.237 e. The highest BCUT2D eigenvalue weighted by Crippen LogP contribution is 2.01. The summed E-state index contributed by atoms with van der Waals surface area (Å²) in [6, 6.07) is 4.52. The lowest BCUT2D eigenvalue weighted by atomic mass is 10.2. The second-order valence-corrected chi connectivity index (χ2v) is 2.72. The number of aryl methyl sites for hydroxylation is 1. The van der Waals surface area contributed by atoms with Crippen molar-refractivity contribution in [1.29, 1.82) is 0 Å². The number of halogens is 2. The largest absolute Gasteiger partial charge is 1.00 e. The third-order valence-corrected chi connectivity index (χ3v) is 1.51. The normalized spacial score (nSPS) is 10.9. The number of pyridine rings is 1. The van der Waals surface area contributed by atoms with Crippen LogP contribution in [-0.2, 0) is 0 Å². The van der Waals surface area contributed by atoms with E-state index < -0.39 is 0 Å². The maximum Gasteiger partial charge on any atom is 0.237 e. The van der Waals surface area contributed by atoms with Crippen LogP contribution in [0.3, 0.4) is 0 Å². The maximum absolute atomic E-state index is 3.92. The van der Waals surface area contributed by atoms with Crippen LogP contribution in [0.15, 0.2) is 18.3 Å². The second kappa shape index (κ2) is 6.23. The molecular formula is C8H14Cl2N2. The zero-order valence-electron chi connectivity index (χ0n) is 7.27. The third-order valence-electron chi connectivity index (χ3n) is 1.51. The van der Waals surface area contributed by atoms with Gasteiger partial charge in [0.15, 0.2) is 12.2 Å². The fourth-order valence-corrected chi connectivity index (χ4v) is 0.889. The highest BCUT2D eigenvalue weighted by Gasteiger charge is 2.08. The molecule has 0 spiro atoms. The van der Waals surface area contributed by atoms with Crippen molar-refractivity contribution in [3.8, 4) is 0 Å². The lowest BCUT2D eigenvalue weighted by Gasteiger charge is -1.94. The Kier molecular flexibility index (Phi) is 7.39. The summed E-state index contributed by atoms with van der Waals surface area (Å²) < 4.78 is 0. The zero-order valence-corrected chi connectivity index (χ0v) is 8.78. The van der Waals surface area contributed by atoms with Crippen LogP contribution >= 0.6 is 0 Å². The monoisotopic (exact) mass is 208 g/mol. The molecule has 0 aliphatic heterocycles. The van der Waals surface area contributed by atoms with Crippen LogP contribution in [0, 0.1) is 6.92 Å². The van der Waals surface area contributed by atoms with E-state index >= 15 is 0 Å². The van der Waals surface area contributed by atoms with Gasteiger partial charge in [0, 0.05) is 12.1 Å². The van der Waals surface area contributed by atoms with E-state index in [0.717, 1.165) is 0 Å². The number of rotatable bonds is 1. The minimum absolute atomic E-state index is 0. The Morgan fingerprint density at radius 1 is 1.42 bits per heavy atom. The fourth-order valence-electron chi connectivity index (χ4n) is 0.889. The number of hydrogen-bond donors (Lipinski definition) is 1. The minimum Gasteiger partial charge on any atom is -1.00 e. The first-order valence-electron chi connectivity index (χ1n) is 3.51. The van der Waals surface area contributed by atoms with Crippen LogP contribution in [-0.4, -0.2) is 0 Å². The molecule has 0 aliphatic rings. The molecule has 70 valence electrons. The maximum atomic E-state index is 3.92. The molecule has 4 heteroatoms. The van der Waals surface area contributed by atoms with E-state index in [2.05, 4.69) is 30.6 Å². The van der Waals surface area contributed by atoms with Crippen molar-refractivity contribution in [3.63, 3.8) is 0 Å². The van der Waals surface area contributed by atoms with E-state index in [1.54, 1.807) is 0 Å². The molecular weight excluding hydrogens is 195 g/mol. The second-order valence-electron chi connectivity index (χ2n) is 2.72. The molecule has 0 bridgehead atoms. The van der Waals surface area contributed by atoms with E-state index in [9.17, 15) is 0 Å². The van der Waals surface area contributed by atoms with Crippen LogP contribution in [0.4, 0.5) is 0 Å². The molecule has 1 aromatic heterocycles.